The van der Waals surface area contributed by atoms with Crippen LogP contribution in [0, 0.1) is 5.92 Å². The topological polar surface area (TPSA) is 18.5 Å². The molecule has 3 nitrogen and oxygen atoms in total. The summed E-state index contributed by atoms with van der Waals surface area (Å²) in [5, 5.41) is 3.64. The average Bonchev–Trinajstić information content (AvgIpc) is 2.66. The van der Waals surface area contributed by atoms with Gasteiger partial charge in [0.25, 0.3) is 0 Å². The van der Waals surface area contributed by atoms with Gasteiger partial charge in [0.2, 0.25) is 0 Å². The Labute approximate surface area is 108 Å². The number of nitrogens with zero attached hydrogens (tertiary/aromatic N) is 2. The summed E-state index contributed by atoms with van der Waals surface area (Å²) in [7, 11) is 6.58. The number of rotatable bonds is 8. The Morgan fingerprint density at radius 2 is 1.88 bits per heavy atom. The van der Waals surface area contributed by atoms with Gasteiger partial charge in [-0.05, 0) is 66.0 Å². The Morgan fingerprint density at radius 1 is 1.12 bits per heavy atom. The quantitative estimate of drug-likeness (QED) is 0.697. The molecule has 1 aliphatic carbocycles. The SMILES string of the molecule is CCNC1CCCC1CN(C)CCCN(C)C. The summed E-state index contributed by atoms with van der Waals surface area (Å²) < 4.78 is 0. The Morgan fingerprint density at radius 3 is 2.53 bits per heavy atom. The van der Waals surface area contributed by atoms with Crippen LogP contribution in [0.15, 0.2) is 0 Å². The summed E-state index contributed by atoms with van der Waals surface area (Å²) in [5.74, 6) is 0.874. The lowest BCUT2D eigenvalue weighted by Gasteiger charge is -2.26. The van der Waals surface area contributed by atoms with Gasteiger partial charge >= 0.3 is 0 Å². The Hall–Kier alpha value is -0.120. The molecule has 2 unspecified atom stereocenters. The first-order valence-corrected chi connectivity index (χ1v) is 7.20. The fourth-order valence-corrected chi connectivity index (χ4v) is 2.93. The van der Waals surface area contributed by atoms with E-state index in [9.17, 15) is 0 Å². The lowest BCUT2D eigenvalue weighted by molar-refractivity contribution is 0.240. The van der Waals surface area contributed by atoms with Crippen LogP contribution in [-0.2, 0) is 0 Å². The Kier molecular flexibility index (Phi) is 7.09. The van der Waals surface area contributed by atoms with Crippen LogP contribution < -0.4 is 5.32 Å². The predicted octanol–water partition coefficient (Wildman–Crippen LogP) is 1.65. The van der Waals surface area contributed by atoms with Crippen molar-refractivity contribution in [2.75, 3.05) is 47.3 Å². The maximum absolute atomic E-state index is 3.64. The van der Waals surface area contributed by atoms with Crippen molar-refractivity contribution in [1.82, 2.24) is 15.1 Å². The van der Waals surface area contributed by atoms with Gasteiger partial charge < -0.3 is 15.1 Å². The van der Waals surface area contributed by atoms with Gasteiger partial charge in [-0.3, -0.25) is 0 Å². The molecular formula is C14H31N3. The summed E-state index contributed by atoms with van der Waals surface area (Å²) in [5.41, 5.74) is 0. The second kappa shape index (κ2) is 8.06. The van der Waals surface area contributed by atoms with Crippen molar-refractivity contribution in [1.29, 1.82) is 0 Å². The van der Waals surface area contributed by atoms with E-state index < -0.39 is 0 Å². The molecule has 0 heterocycles. The normalized spacial score (nSPS) is 25.1. The smallest absolute Gasteiger partial charge is 0.0107 e. The van der Waals surface area contributed by atoms with Crippen molar-refractivity contribution >= 4 is 0 Å². The first kappa shape index (κ1) is 14.9. The van der Waals surface area contributed by atoms with E-state index in [1.807, 2.05) is 0 Å². The highest BCUT2D eigenvalue weighted by Crippen LogP contribution is 2.26. The van der Waals surface area contributed by atoms with Crippen LogP contribution in [0.1, 0.15) is 32.6 Å². The summed E-state index contributed by atoms with van der Waals surface area (Å²) in [6.45, 7) is 7.03. The van der Waals surface area contributed by atoms with Crippen molar-refractivity contribution in [3.63, 3.8) is 0 Å². The first-order valence-electron chi connectivity index (χ1n) is 7.20. The van der Waals surface area contributed by atoms with Crippen LogP contribution in [-0.4, -0.2) is 63.2 Å². The minimum absolute atomic E-state index is 0.774. The zero-order valence-corrected chi connectivity index (χ0v) is 12.2. The van der Waals surface area contributed by atoms with Gasteiger partial charge in [-0.2, -0.15) is 0 Å². The van der Waals surface area contributed by atoms with Crippen molar-refractivity contribution in [2.24, 2.45) is 5.92 Å². The molecule has 102 valence electrons. The number of hydrogen-bond acceptors (Lipinski definition) is 3. The predicted molar refractivity (Wildman–Crippen MR) is 75.5 cm³/mol. The molecule has 1 aliphatic rings. The minimum Gasteiger partial charge on any atom is -0.314 e. The highest BCUT2D eigenvalue weighted by molar-refractivity contribution is 4.84. The summed E-state index contributed by atoms with van der Waals surface area (Å²) in [4.78, 5) is 4.79. The van der Waals surface area contributed by atoms with Gasteiger partial charge in [0, 0.05) is 12.6 Å². The monoisotopic (exact) mass is 241 g/mol. The van der Waals surface area contributed by atoms with E-state index in [4.69, 9.17) is 0 Å². The molecule has 0 saturated heterocycles. The van der Waals surface area contributed by atoms with Crippen molar-refractivity contribution in [3.05, 3.63) is 0 Å². The van der Waals surface area contributed by atoms with E-state index in [0.717, 1.165) is 18.5 Å². The molecule has 0 aliphatic heterocycles. The van der Waals surface area contributed by atoms with Crippen LogP contribution in [0.25, 0.3) is 0 Å². The van der Waals surface area contributed by atoms with E-state index in [1.54, 1.807) is 0 Å². The molecule has 1 rings (SSSR count). The van der Waals surface area contributed by atoms with E-state index in [2.05, 4.69) is 43.2 Å². The Balaban J connectivity index is 2.18. The molecule has 1 N–H and O–H groups in total. The molecule has 0 aromatic rings. The third kappa shape index (κ3) is 5.84. The van der Waals surface area contributed by atoms with Gasteiger partial charge in [-0.25, -0.2) is 0 Å². The van der Waals surface area contributed by atoms with Crippen LogP contribution >= 0.6 is 0 Å². The lowest BCUT2D eigenvalue weighted by Crippen LogP contribution is -2.38. The molecule has 0 radical (unpaired) electrons. The summed E-state index contributed by atoms with van der Waals surface area (Å²) in [6.07, 6.45) is 5.48. The second-order valence-electron chi connectivity index (χ2n) is 5.77. The van der Waals surface area contributed by atoms with Crippen LogP contribution in [0.5, 0.6) is 0 Å². The zero-order valence-electron chi connectivity index (χ0n) is 12.2. The maximum Gasteiger partial charge on any atom is 0.0107 e. The maximum atomic E-state index is 3.64. The van der Waals surface area contributed by atoms with Crippen molar-refractivity contribution < 1.29 is 0 Å². The zero-order chi connectivity index (χ0) is 12.7. The van der Waals surface area contributed by atoms with E-state index >= 15 is 0 Å². The fourth-order valence-electron chi connectivity index (χ4n) is 2.93. The molecule has 2 atom stereocenters. The Bertz CT molecular complexity index is 194. The van der Waals surface area contributed by atoms with E-state index in [0.29, 0.717) is 0 Å². The van der Waals surface area contributed by atoms with Gasteiger partial charge in [-0.1, -0.05) is 13.3 Å². The molecule has 0 amide bonds. The van der Waals surface area contributed by atoms with Gasteiger partial charge in [-0.15, -0.1) is 0 Å². The first-order chi connectivity index (χ1) is 8.13. The molecular weight excluding hydrogens is 210 g/mol. The molecule has 0 aromatic carbocycles. The van der Waals surface area contributed by atoms with Crippen molar-refractivity contribution in [2.45, 2.75) is 38.6 Å². The molecule has 0 bridgehead atoms. The van der Waals surface area contributed by atoms with Gasteiger partial charge in [0.05, 0.1) is 0 Å². The van der Waals surface area contributed by atoms with Crippen LogP contribution in [0.2, 0.25) is 0 Å². The molecule has 1 saturated carbocycles. The summed E-state index contributed by atoms with van der Waals surface area (Å²) in [6, 6.07) is 0.774. The number of hydrogen-bond donors (Lipinski definition) is 1. The number of nitrogens with one attached hydrogen (secondary N) is 1. The molecule has 17 heavy (non-hydrogen) atoms. The second-order valence-corrected chi connectivity index (χ2v) is 5.77. The van der Waals surface area contributed by atoms with Crippen molar-refractivity contribution in [3.8, 4) is 0 Å². The summed E-state index contributed by atoms with van der Waals surface area (Å²) >= 11 is 0. The molecule has 0 spiro atoms. The standard InChI is InChI=1S/C14H31N3/c1-5-15-14-9-6-8-13(14)12-17(4)11-7-10-16(2)3/h13-15H,5-12H2,1-4H3. The average molecular weight is 241 g/mol. The molecule has 3 heteroatoms. The highest BCUT2D eigenvalue weighted by Gasteiger charge is 2.26. The van der Waals surface area contributed by atoms with E-state index in [-0.39, 0.29) is 0 Å². The molecule has 1 fully saturated rings. The lowest BCUT2D eigenvalue weighted by atomic mass is 10.0. The minimum atomic E-state index is 0.774. The molecule has 0 aromatic heterocycles. The van der Waals surface area contributed by atoms with Gasteiger partial charge in [0.15, 0.2) is 0 Å². The third-order valence-corrected chi connectivity index (χ3v) is 3.82. The third-order valence-electron chi connectivity index (χ3n) is 3.82. The van der Waals surface area contributed by atoms with Gasteiger partial charge in [0.1, 0.15) is 0 Å². The highest BCUT2D eigenvalue weighted by atomic mass is 15.1. The van der Waals surface area contributed by atoms with Crippen LogP contribution in [0.3, 0.4) is 0 Å². The van der Waals surface area contributed by atoms with E-state index in [1.165, 1.54) is 45.3 Å². The largest absolute Gasteiger partial charge is 0.314 e. The van der Waals surface area contributed by atoms with Crippen LogP contribution in [0.4, 0.5) is 0 Å². The fraction of sp³-hybridized carbons (Fsp3) is 1.00.